The van der Waals surface area contributed by atoms with Crippen molar-refractivity contribution in [2.75, 3.05) is 13.1 Å². The Morgan fingerprint density at radius 2 is 1.82 bits per heavy atom. The molecule has 1 aromatic carbocycles. The Bertz CT molecular complexity index is 682. The lowest BCUT2D eigenvalue weighted by molar-refractivity contribution is -0.0778. The van der Waals surface area contributed by atoms with Crippen molar-refractivity contribution in [2.24, 2.45) is 0 Å². The lowest BCUT2D eigenvalue weighted by Gasteiger charge is -2.34. The predicted molar refractivity (Wildman–Crippen MR) is 87.1 cm³/mol. The van der Waals surface area contributed by atoms with Crippen LogP contribution < -0.4 is 0 Å². The second-order valence-corrected chi connectivity index (χ2v) is 6.32. The van der Waals surface area contributed by atoms with Gasteiger partial charge < -0.3 is 9.15 Å². The molecule has 0 radical (unpaired) electrons. The smallest absolute Gasteiger partial charge is 0.288 e. The number of morpholine rings is 1. The molecule has 118 valence electrons. The van der Waals surface area contributed by atoms with Gasteiger partial charge in [-0.15, -0.1) is 5.10 Å². The maximum Gasteiger partial charge on any atom is 0.288 e. The third kappa shape index (κ3) is 3.45. The van der Waals surface area contributed by atoms with Crippen molar-refractivity contribution in [2.45, 2.75) is 39.6 Å². The minimum absolute atomic E-state index is 0.224. The first-order valence-corrected chi connectivity index (χ1v) is 7.95. The lowest BCUT2D eigenvalue weighted by atomic mass is 10.1. The number of rotatable bonds is 3. The van der Waals surface area contributed by atoms with Crippen LogP contribution in [0.1, 0.15) is 19.4 Å². The Morgan fingerprint density at radius 3 is 2.45 bits per heavy atom. The van der Waals surface area contributed by atoms with Crippen molar-refractivity contribution >= 4 is 12.2 Å². The highest BCUT2D eigenvalue weighted by atomic mass is 32.1. The molecule has 22 heavy (non-hydrogen) atoms. The van der Waals surface area contributed by atoms with Crippen LogP contribution in [0, 0.1) is 11.8 Å². The minimum atomic E-state index is 0.224. The zero-order chi connectivity index (χ0) is 15.7. The van der Waals surface area contributed by atoms with Crippen LogP contribution in [0.15, 0.2) is 28.7 Å². The van der Waals surface area contributed by atoms with E-state index in [1.807, 2.05) is 24.3 Å². The molecule has 0 aliphatic carbocycles. The van der Waals surface area contributed by atoms with Gasteiger partial charge in [0.15, 0.2) is 0 Å². The summed E-state index contributed by atoms with van der Waals surface area (Å²) in [6, 6.07) is 8.08. The molecule has 3 rings (SSSR count). The number of benzene rings is 1. The van der Waals surface area contributed by atoms with Crippen molar-refractivity contribution in [3.63, 3.8) is 0 Å². The number of hydrogen-bond donors (Lipinski definition) is 0. The Kier molecular flexibility index (Phi) is 4.42. The van der Waals surface area contributed by atoms with E-state index in [-0.39, 0.29) is 12.2 Å². The summed E-state index contributed by atoms with van der Waals surface area (Å²) in [6.07, 6.45) is 0.447. The number of nitrogens with zero attached hydrogens (tertiary/aromatic N) is 3. The molecule has 2 aromatic rings. The molecule has 5 nitrogen and oxygen atoms in total. The highest BCUT2D eigenvalue weighted by Gasteiger charge is 2.23. The molecule has 0 N–H and O–H groups in total. The number of aryl methyl sites for hydroxylation is 1. The summed E-state index contributed by atoms with van der Waals surface area (Å²) in [5.74, 6) is 0.569. The fraction of sp³-hybridized carbons (Fsp3) is 0.500. The average Bonchev–Trinajstić information content (AvgIpc) is 2.80. The Morgan fingerprint density at radius 1 is 1.18 bits per heavy atom. The van der Waals surface area contributed by atoms with Crippen LogP contribution in [0.25, 0.3) is 11.5 Å². The van der Waals surface area contributed by atoms with E-state index in [9.17, 15) is 0 Å². The van der Waals surface area contributed by atoms with Gasteiger partial charge in [-0.05, 0) is 45.1 Å². The van der Waals surface area contributed by atoms with Crippen LogP contribution in [0.4, 0.5) is 0 Å². The van der Waals surface area contributed by atoms with Crippen LogP contribution >= 0.6 is 12.2 Å². The van der Waals surface area contributed by atoms with Gasteiger partial charge in [0.1, 0.15) is 0 Å². The second-order valence-electron chi connectivity index (χ2n) is 5.97. The number of ether oxygens (including phenoxy) is 1. The second kappa shape index (κ2) is 6.32. The molecule has 1 saturated heterocycles. The molecule has 0 amide bonds. The van der Waals surface area contributed by atoms with Gasteiger partial charge in [-0.25, -0.2) is 4.68 Å². The first-order valence-electron chi connectivity index (χ1n) is 7.54. The van der Waals surface area contributed by atoms with Crippen molar-refractivity contribution in [3.8, 4) is 11.5 Å². The first-order chi connectivity index (χ1) is 10.5. The van der Waals surface area contributed by atoms with Crippen LogP contribution in [0.2, 0.25) is 0 Å². The molecule has 1 aromatic heterocycles. The van der Waals surface area contributed by atoms with Gasteiger partial charge in [0, 0.05) is 18.7 Å². The Labute approximate surface area is 135 Å². The molecule has 0 saturated carbocycles. The standard InChI is InChI=1S/C16H21N3O2S/c1-11-4-6-14(7-5-11)15-17-19(16(22)21-15)10-18-8-12(2)20-13(3)9-18/h4-7,12-13H,8-10H2,1-3H3/t12-,13-/m1/s1. The van der Waals surface area contributed by atoms with Crippen molar-refractivity contribution in [3.05, 3.63) is 34.7 Å². The van der Waals surface area contributed by atoms with Crippen LogP contribution in [-0.4, -0.2) is 40.0 Å². The fourth-order valence-corrected chi connectivity index (χ4v) is 2.98. The van der Waals surface area contributed by atoms with Crippen LogP contribution in [0.5, 0.6) is 0 Å². The number of aromatic nitrogens is 2. The normalized spacial score (nSPS) is 22.9. The van der Waals surface area contributed by atoms with E-state index in [2.05, 4.69) is 30.8 Å². The third-order valence-electron chi connectivity index (χ3n) is 3.73. The van der Waals surface area contributed by atoms with Crippen LogP contribution in [-0.2, 0) is 11.4 Å². The summed E-state index contributed by atoms with van der Waals surface area (Å²) in [7, 11) is 0. The SMILES string of the molecule is Cc1ccc(-c2nn(CN3C[C@@H](C)O[C@H](C)C3)c(=S)o2)cc1. The van der Waals surface area contributed by atoms with E-state index in [0.29, 0.717) is 17.4 Å². The van der Waals surface area contributed by atoms with E-state index >= 15 is 0 Å². The van der Waals surface area contributed by atoms with Gasteiger partial charge in [-0.2, -0.15) is 0 Å². The summed E-state index contributed by atoms with van der Waals surface area (Å²) in [4.78, 5) is 2.69. The summed E-state index contributed by atoms with van der Waals surface area (Å²) >= 11 is 5.30. The molecular weight excluding hydrogens is 298 g/mol. The van der Waals surface area contributed by atoms with Gasteiger partial charge in [0.2, 0.25) is 5.89 Å². The zero-order valence-corrected chi connectivity index (χ0v) is 14.0. The fourth-order valence-electron chi connectivity index (χ4n) is 2.80. The predicted octanol–water partition coefficient (Wildman–Crippen LogP) is 3.25. The van der Waals surface area contributed by atoms with Crippen molar-refractivity contribution < 1.29 is 9.15 Å². The summed E-state index contributed by atoms with van der Waals surface area (Å²) < 4.78 is 13.1. The van der Waals surface area contributed by atoms with Gasteiger partial charge in [0.05, 0.1) is 18.9 Å². The van der Waals surface area contributed by atoms with Crippen molar-refractivity contribution in [1.29, 1.82) is 0 Å². The molecule has 2 atom stereocenters. The number of hydrogen-bond acceptors (Lipinski definition) is 5. The lowest BCUT2D eigenvalue weighted by Crippen LogP contribution is -2.46. The summed E-state index contributed by atoms with van der Waals surface area (Å²) in [5.41, 5.74) is 2.15. The van der Waals surface area contributed by atoms with E-state index in [1.54, 1.807) is 4.68 Å². The average molecular weight is 319 g/mol. The third-order valence-corrected chi connectivity index (χ3v) is 4.03. The zero-order valence-electron chi connectivity index (χ0n) is 13.2. The van der Waals surface area contributed by atoms with Gasteiger partial charge in [-0.1, -0.05) is 17.7 Å². The first kappa shape index (κ1) is 15.4. The molecule has 6 heteroatoms. The molecule has 1 aliphatic heterocycles. The molecule has 1 fully saturated rings. The van der Waals surface area contributed by atoms with Gasteiger partial charge in [0.25, 0.3) is 4.84 Å². The van der Waals surface area contributed by atoms with E-state index in [0.717, 1.165) is 18.7 Å². The molecular formula is C16H21N3O2S. The highest BCUT2D eigenvalue weighted by molar-refractivity contribution is 7.71. The minimum Gasteiger partial charge on any atom is -0.409 e. The largest absolute Gasteiger partial charge is 0.409 e. The molecule has 2 heterocycles. The van der Waals surface area contributed by atoms with Gasteiger partial charge in [-0.3, -0.25) is 4.90 Å². The molecule has 0 spiro atoms. The quantitative estimate of drug-likeness (QED) is 0.813. The molecule has 0 unspecified atom stereocenters. The maximum atomic E-state index is 5.75. The summed E-state index contributed by atoms with van der Waals surface area (Å²) in [5, 5.41) is 4.52. The molecule has 1 aliphatic rings. The highest BCUT2D eigenvalue weighted by Crippen LogP contribution is 2.19. The van der Waals surface area contributed by atoms with E-state index in [1.165, 1.54) is 5.56 Å². The Hall–Kier alpha value is -1.50. The topological polar surface area (TPSA) is 43.4 Å². The molecule has 0 bridgehead atoms. The Balaban J connectivity index is 1.78. The monoisotopic (exact) mass is 319 g/mol. The summed E-state index contributed by atoms with van der Waals surface area (Å²) in [6.45, 7) is 8.60. The van der Waals surface area contributed by atoms with E-state index in [4.69, 9.17) is 21.4 Å². The van der Waals surface area contributed by atoms with E-state index < -0.39 is 0 Å². The van der Waals surface area contributed by atoms with Crippen LogP contribution in [0.3, 0.4) is 0 Å². The van der Waals surface area contributed by atoms with Crippen molar-refractivity contribution in [1.82, 2.24) is 14.7 Å². The maximum absolute atomic E-state index is 5.75. The van der Waals surface area contributed by atoms with Gasteiger partial charge >= 0.3 is 0 Å².